The summed E-state index contributed by atoms with van der Waals surface area (Å²) in [5, 5.41) is 0. The van der Waals surface area contributed by atoms with E-state index < -0.39 is 0 Å². The van der Waals surface area contributed by atoms with E-state index in [1.54, 1.807) is 4.90 Å². The van der Waals surface area contributed by atoms with E-state index in [2.05, 4.69) is 27.8 Å². The monoisotopic (exact) mass is 324 g/mol. The standard InChI is InChI=1S/C15H21BrN2O/c1-4-6-7-15(18(5-2)11-19)17-14-9-8-13(16)10-12(14)3/h8-11H,4-7H2,1-3H3. The molecule has 19 heavy (non-hydrogen) atoms. The molecule has 0 fully saturated rings. The summed E-state index contributed by atoms with van der Waals surface area (Å²) in [6, 6.07) is 5.98. The van der Waals surface area contributed by atoms with Crippen molar-refractivity contribution in [1.29, 1.82) is 0 Å². The molecule has 0 spiro atoms. The van der Waals surface area contributed by atoms with E-state index in [-0.39, 0.29) is 0 Å². The Balaban J connectivity index is 3.06. The van der Waals surface area contributed by atoms with E-state index in [1.807, 2.05) is 32.0 Å². The second kappa shape index (κ2) is 8.10. The summed E-state index contributed by atoms with van der Waals surface area (Å²) in [4.78, 5) is 17.5. The highest BCUT2D eigenvalue weighted by Crippen LogP contribution is 2.23. The van der Waals surface area contributed by atoms with Crippen LogP contribution < -0.4 is 0 Å². The molecular formula is C15H21BrN2O. The molecule has 1 rings (SSSR count). The van der Waals surface area contributed by atoms with Crippen LogP contribution in [0.4, 0.5) is 5.69 Å². The van der Waals surface area contributed by atoms with Crippen molar-refractivity contribution in [2.24, 2.45) is 4.99 Å². The van der Waals surface area contributed by atoms with Gasteiger partial charge in [0, 0.05) is 17.4 Å². The molecule has 0 saturated heterocycles. The Hall–Kier alpha value is -1.16. The topological polar surface area (TPSA) is 32.7 Å². The summed E-state index contributed by atoms with van der Waals surface area (Å²) >= 11 is 3.45. The second-order valence-corrected chi connectivity index (χ2v) is 5.37. The molecule has 0 radical (unpaired) electrons. The molecule has 4 heteroatoms. The van der Waals surface area contributed by atoms with Crippen molar-refractivity contribution in [1.82, 2.24) is 4.90 Å². The van der Waals surface area contributed by atoms with E-state index in [1.165, 1.54) is 0 Å². The minimum atomic E-state index is 0.654. The molecule has 1 aromatic carbocycles. The van der Waals surface area contributed by atoms with Gasteiger partial charge in [-0.3, -0.25) is 4.79 Å². The van der Waals surface area contributed by atoms with Crippen molar-refractivity contribution in [2.75, 3.05) is 6.54 Å². The van der Waals surface area contributed by atoms with Gasteiger partial charge in [-0.25, -0.2) is 4.99 Å². The third-order valence-electron chi connectivity index (χ3n) is 2.96. The number of rotatable bonds is 6. The first kappa shape index (κ1) is 15.9. The maximum Gasteiger partial charge on any atom is 0.215 e. The van der Waals surface area contributed by atoms with Gasteiger partial charge in [-0.15, -0.1) is 0 Å². The van der Waals surface area contributed by atoms with Crippen molar-refractivity contribution in [3.63, 3.8) is 0 Å². The maximum absolute atomic E-state index is 11.1. The van der Waals surface area contributed by atoms with Crippen LogP contribution in [0.15, 0.2) is 27.7 Å². The minimum Gasteiger partial charge on any atom is -0.303 e. The van der Waals surface area contributed by atoms with Crippen molar-refractivity contribution in [3.05, 3.63) is 28.2 Å². The number of unbranched alkanes of at least 4 members (excludes halogenated alkanes) is 1. The van der Waals surface area contributed by atoms with E-state index in [0.717, 1.165) is 47.2 Å². The molecule has 0 aliphatic carbocycles. The summed E-state index contributed by atoms with van der Waals surface area (Å²) < 4.78 is 1.04. The average molecular weight is 325 g/mol. The van der Waals surface area contributed by atoms with Gasteiger partial charge in [-0.1, -0.05) is 29.3 Å². The van der Waals surface area contributed by atoms with E-state index in [4.69, 9.17) is 0 Å². The van der Waals surface area contributed by atoms with Gasteiger partial charge in [-0.05, 0) is 44.0 Å². The van der Waals surface area contributed by atoms with Crippen LogP contribution in [-0.4, -0.2) is 23.7 Å². The molecule has 0 unspecified atom stereocenters. The highest BCUT2D eigenvalue weighted by Gasteiger charge is 2.09. The number of amidine groups is 1. The Morgan fingerprint density at radius 1 is 1.42 bits per heavy atom. The smallest absolute Gasteiger partial charge is 0.215 e. The molecule has 0 heterocycles. The summed E-state index contributed by atoms with van der Waals surface area (Å²) in [6.45, 7) is 6.78. The third-order valence-corrected chi connectivity index (χ3v) is 3.46. The van der Waals surface area contributed by atoms with Crippen molar-refractivity contribution in [2.45, 2.75) is 40.0 Å². The lowest BCUT2D eigenvalue weighted by molar-refractivity contribution is -0.114. The number of nitrogens with zero attached hydrogens (tertiary/aromatic N) is 2. The van der Waals surface area contributed by atoms with Crippen LogP contribution in [0.25, 0.3) is 0 Å². The first-order valence-corrected chi connectivity index (χ1v) is 7.47. The molecule has 0 aliphatic heterocycles. The predicted molar refractivity (Wildman–Crippen MR) is 83.9 cm³/mol. The molecule has 0 aliphatic rings. The van der Waals surface area contributed by atoms with Gasteiger partial charge in [-0.2, -0.15) is 0 Å². The van der Waals surface area contributed by atoms with Gasteiger partial charge in [0.05, 0.1) is 5.69 Å². The summed E-state index contributed by atoms with van der Waals surface area (Å²) in [6.07, 6.45) is 3.83. The number of halogens is 1. The normalized spacial score (nSPS) is 11.5. The van der Waals surface area contributed by atoms with Gasteiger partial charge in [0.1, 0.15) is 5.84 Å². The number of benzene rings is 1. The molecule has 0 saturated carbocycles. The van der Waals surface area contributed by atoms with Gasteiger partial charge >= 0.3 is 0 Å². The molecule has 0 atom stereocenters. The fourth-order valence-corrected chi connectivity index (χ4v) is 2.28. The molecule has 0 N–H and O–H groups in total. The lowest BCUT2D eigenvalue weighted by Crippen LogP contribution is -2.29. The number of hydrogen-bond donors (Lipinski definition) is 0. The number of amides is 1. The molecule has 3 nitrogen and oxygen atoms in total. The van der Waals surface area contributed by atoms with Gasteiger partial charge in [0.15, 0.2) is 0 Å². The quantitative estimate of drug-likeness (QED) is 0.432. The number of carbonyl (C=O) groups is 1. The van der Waals surface area contributed by atoms with Gasteiger partial charge in [0.25, 0.3) is 0 Å². The Labute approximate surface area is 123 Å². The summed E-state index contributed by atoms with van der Waals surface area (Å²) in [7, 11) is 0. The zero-order valence-corrected chi connectivity index (χ0v) is 13.4. The van der Waals surface area contributed by atoms with Crippen LogP contribution in [0.2, 0.25) is 0 Å². The average Bonchev–Trinajstić information content (AvgIpc) is 2.39. The number of aliphatic imine (C=N–C) groups is 1. The molecule has 104 valence electrons. The molecule has 1 aromatic rings. The zero-order valence-electron chi connectivity index (χ0n) is 11.8. The Kier molecular flexibility index (Phi) is 6.78. The third kappa shape index (κ3) is 4.78. The van der Waals surface area contributed by atoms with Crippen molar-refractivity contribution >= 4 is 33.9 Å². The van der Waals surface area contributed by atoms with Crippen molar-refractivity contribution in [3.8, 4) is 0 Å². The fourth-order valence-electron chi connectivity index (χ4n) is 1.80. The van der Waals surface area contributed by atoms with E-state index in [0.29, 0.717) is 6.54 Å². The highest BCUT2D eigenvalue weighted by atomic mass is 79.9. The lowest BCUT2D eigenvalue weighted by Gasteiger charge is -2.18. The van der Waals surface area contributed by atoms with E-state index >= 15 is 0 Å². The first-order valence-electron chi connectivity index (χ1n) is 6.68. The van der Waals surface area contributed by atoms with Crippen molar-refractivity contribution < 1.29 is 4.79 Å². The van der Waals surface area contributed by atoms with Crippen LogP contribution >= 0.6 is 15.9 Å². The van der Waals surface area contributed by atoms with E-state index in [9.17, 15) is 4.79 Å². The Bertz CT molecular complexity index is 457. The SMILES string of the molecule is CCCCC(=Nc1ccc(Br)cc1C)N(C=O)CC. The van der Waals surface area contributed by atoms with Crippen LogP contribution in [-0.2, 0) is 4.79 Å². The number of carbonyl (C=O) groups excluding carboxylic acids is 1. The van der Waals surface area contributed by atoms with Crippen LogP contribution in [0.3, 0.4) is 0 Å². The summed E-state index contributed by atoms with van der Waals surface area (Å²) in [5.41, 5.74) is 2.03. The molecule has 1 amide bonds. The number of aryl methyl sites for hydroxylation is 1. The lowest BCUT2D eigenvalue weighted by atomic mass is 10.2. The fraction of sp³-hybridized carbons (Fsp3) is 0.467. The van der Waals surface area contributed by atoms with Crippen LogP contribution in [0.5, 0.6) is 0 Å². The Morgan fingerprint density at radius 2 is 2.16 bits per heavy atom. The molecule has 0 aromatic heterocycles. The predicted octanol–water partition coefficient (Wildman–Crippen LogP) is 4.46. The summed E-state index contributed by atoms with van der Waals surface area (Å²) in [5.74, 6) is 0.852. The zero-order chi connectivity index (χ0) is 14.3. The number of hydrogen-bond acceptors (Lipinski definition) is 2. The van der Waals surface area contributed by atoms with Crippen LogP contribution in [0, 0.1) is 6.92 Å². The molecule has 0 bridgehead atoms. The second-order valence-electron chi connectivity index (χ2n) is 4.45. The largest absolute Gasteiger partial charge is 0.303 e. The maximum atomic E-state index is 11.1. The van der Waals surface area contributed by atoms with Gasteiger partial charge < -0.3 is 4.90 Å². The van der Waals surface area contributed by atoms with Crippen LogP contribution in [0.1, 0.15) is 38.7 Å². The molecular weight excluding hydrogens is 304 g/mol. The Morgan fingerprint density at radius 3 is 2.68 bits per heavy atom. The minimum absolute atomic E-state index is 0.654. The first-order chi connectivity index (χ1) is 9.12. The highest BCUT2D eigenvalue weighted by molar-refractivity contribution is 9.10. The van der Waals surface area contributed by atoms with Gasteiger partial charge in [0.2, 0.25) is 6.41 Å².